The molecule has 1 N–H and O–H groups in total. The molecule has 6 rings (SSSR count). The third kappa shape index (κ3) is 5.88. The third-order valence-corrected chi connectivity index (χ3v) is 6.69. The monoisotopic (exact) mass is 589 g/mol. The Balaban J connectivity index is 1.18. The molecule has 2 aromatic heterocycles. The molecule has 4 aromatic carbocycles. The Hall–Kier alpha value is -6.23. The Bertz CT molecular complexity index is 2050. The summed E-state index contributed by atoms with van der Waals surface area (Å²) >= 11 is 0. The van der Waals surface area contributed by atoms with Gasteiger partial charge in [0.2, 0.25) is 0 Å². The predicted molar refractivity (Wildman–Crippen MR) is 161 cm³/mol. The van der Waals surface area contributed by atoms with Gasteiger partial charge in [0.05, 0.1) is 16.3 Å². The molecule has 0 spiro atoms. The lowest BCUT2D eigenvalue weighted by Gasteiger charge is -2.09. The number of non-ortho nitro benzene ring substituents is 1. The molecule has 0 atom stereocenters. The van der Waals surface area contributed by atoms with Crippen molar-refractivity contribution in [1.29, 1.82) is 0 Å². The number of rotatable bonds is 9. The second-order valence-electron chi connectivity index (χ2n) is 9.68. The van der Waals surface area contributed by atoms with Crippen LogP contribution in [0.2, 0.25) is 0 Å². The number of phenols is 1. The van der Waals surface area contributed by atoms with Gasteiger partial charge in [-0.05, 0) is 18.2 Å². The van der Waals surface area contributed by atoms with Crippen LogP contribution in [0.3, 0.4) is 0 Å². The third-order valence-electron chi connectivity index (χ3n) is 6.69. The Kier molecular flexibility index (Phi) is 7.58. The summed E-state index contributed by atoms with van der Waals surface area (Å²) in [5.41, 5.74) is 2.55. The maximum absolute atomic E-state index is 12.7. The van der Waals surface area contributed by atoms with Crippen LogP contribution in [0.4, 0.5) is 5.69 Å². The Morgan fingerprint density at radius 2 is 1.64 bits per heavy atom. The van der Waals surface area contributed by atoms with E-state index < -0.39 is 22.9 Å². The van der Waals surface area contributed by atoms with Gasteiger partial charge in [-0.25, -0.2) is 9.48 Å². The number of nitro benzene ring substituents is 1. The largest absolute Gasteiger partial charge is 0.507 e. The minimum Gasteiger partial charge on any atom is -0.507 e. The number of benzene rings is 4. The van der Waals surface area contributed by atoms with Gasteiger partial charge in [0, 0.05) is 41.5 Å². The molecule has 0 radical (unpaired) electrons. The van der Waals surface area contributed by atoms with E-state index >= 15 is 0 Å². The minimum atomic E-state index is -0.713. The fourth-order valence-corrected chi connectivity index (χ4v) is 4.66. The SMILES string of the molecule is O=C(COc1cc(O)c2c(=O)cc(-c3ccccc3)oc2c1)OCc1cc(-c2cccc([N+](=O)[O-])c2)n(-c2ccccc2)n1. The van der Waals surface area contributed by atoms with Crippen molar-refractivity contribution in [3.63, 3.8) is 0 Å². The standard InChI is InChI=1S/C33H23N3O8/c37-28-16-26(17-31-33(28)29(38)18-30(44-31)21-8-3-1-4-9-21)42-20-32(39)43-19-23-15-27(22-10-7-13-25(14-22)36(40)41)35(34-23)24-11-5-2-6-12-24/h1-18,37H,19-20H2. The highest BCUT2D eigenvalue weighted by Crippen LogP contribution is 2.31. The number of aromatic hydroxyl groups is 1. The van der Waals surface area contributed by atoms with Crippen LogP contribution in [0.15, 0.2) is 118 Å². The summed E-state index contributed by atoms with van der Waals surface area (Å²) in [5.74, 6) is -0.644. The first-order chi connectivity index (χ1) is 21.4. The molecule has 0 aliphatic heterocycles. The number of ether oxygens (including phenoxy) is 2. The summed E-state index contributed by atoms with van der Waals surface area (Å²) in [5, 5.41) is 26.4. The summed E-state index contributed by atoms with van der Waals surface area (Å²) in [6, 6.07) is 30.0. The van der Waals surface area contributed by atoms with E-state index in [9.17, 15) is 24.8 Å². The minimum absolute atomic E-state index is 0.00633. The van der Waals surface area contributed by atoms with Gasteiger partial charge in [0.1, 0.15) is 40.5 Å². The number of esters is 1. The van der Waals surface area contributed by atoms with E-state index in [1.807, 2.05) is 48.5 Å². The first-order valence-electron chi connectivity index (χ1n) is 13.4. The lowest BCUT2D eigenvalue weighted by Crippen LogP contribution is -2.15. The van der Waals surface area contributed by atoms with Crippen LogP contribution < -0.4 is 10.2 Å². The Morgan fingerprint density at radius 3 is 2.39 bits per heavy atom. The van der Waals surface area contributed by atoms with Gasteiger partial charge < -0.3 is 19.0 Å². The lowest BCUT2D eigenvalue weighted by atomic mass is 10.1. The van der Waals surface area contributed by atoms with Crippen LogP contribution in [0.1, 0.15) is 5.69 Å². The van der Waals surface area contributed by atoms with E-state index in [0.717, 1.165) is 0 Å². The predicted octanol–water partition coefficient (Wildman–Crippen LogP) is 6.05. The molecule has 0 fully saturated rings. The number of fused-ring (bicyclic) bond motifs is 1. The van der Waals surface area contributed by atoms with E-state index in [2.05, 4.69) is 5.10 Å². The summed E-state index contributed by atoms with van der Waals surface area (Å²) in [7, 11) is 0. The Morgan fingerprint density at radius 1 is 0.909 bits per heavy atom. The first kappa shape index (κ1) is 27.9. The number of hydrogen-bond acceptors (Lipinski definition) is 9. The van der Waals surface area contributed by atoms with E-state index in [1.165, 1.54) is 30.3 Å². The van der Waals surface area contributed by atoms with Gasteiger partial charge in [-0.15, -0.1) is 0 Å². The topological polar surface area (TPSA) is 147 Å². The summed E-state index contributed by atoms with van der Waals surface area (Å²) in [4.78, 5) is 36.1. The molecule has 0 unspecified atom stereocenters. The number of carbonyl (C=O) groups is 1. The normalized spacial score (nSPS) is 10.9. The second-order valence-corrected chi connectivity index (χ2v) is 9.68. The smallest absolute Gasteiger partial charge is 0.344 e. The van der Waals surface area contributed by atoms with Crippen molar-refractivity contribution in [2.45, 2.75) is 6.61 Å². The van der Waals surface area contributed by atoms with Crippen molar-refractivity contribution in [2.24, 2.45) is 0 Å². The molecule has 0 saturated heterocycles. The van der Waals surface area contributed by atoms with E-state index in [1.54, 1.807) is 35.0 Å². The van der Waals surface area contributed by atoms with Crippen LogP contribution in [-0.4, -0.2) is 32.4 Å². The van der Waals surface area contributed by atoms with E-state index in [4.69, 9.17) is 13.9 Å². The molecule has 2 heterocycles. The molecule has 6 aromatic rings. The molecular weight excluding hydrogens is 566 g/mol. The van der Waals surface area contributed by atoms with E-state index in [0.29, 0.717) is 34.0 Å². The first-order valence-corrected chi connectivity index (χ1v) is 13.4. The van der Waals surface area contributed by atoms with Gasteiger partial charge in [0.25, 0.3) is 5.69 Å². The molecule has 218 valence electrons. The molecule has 11 heteroatoms. The molecule has 0 saturated carbocycles. The number of hydrogen-bond donors (Lipinski definition) is 1. The van der Waals surface area contributed by atoms with Crippen molar-refractivity contribution >= 4 is 22.6 Å². The maximum atomic E-state index is 12.7. The highest BCUT2D eigenvalue weighted by atomic mass is 16.6. The van der Waals surface area contributed by atoms with Gasteiger partial charge in [-0.2, -0.15) is 5.10 Å². The summed E-state index contributed by atoms with van der Waals surface area (Å²) < 4.78 is 18.4. The van der Waals surface area contributed by atoms with Crippen molar-refractivity contribution in [2.75, 3.05) is 6.61 Å². The number of aromatic nitrogens is 2. The van der Waals surface area contributed by atoms with Crippen molar-refractivity contribution in [3.05, 3.63) is 135 Å². The number of phenolic OH excluding ortho intramolecular Hbond substituents is 1. The zero-order valence-electron chi connectivity index (χ0n) is 23.0. The second kappa shape index (κ2) is 11.9. The molecule has 0 aliphatic rings. The van der Waals surface area contributed by atoms with Crippen LogP contribution in [0.25, 0.3) is 39.2 Å². The van der Waals surface area contributed by atoms with Gasteiger partial charge >= 0.3 is 5.97 Å². The fourth-order valence-electron chi connectivity index (χ4n) is 4.66. The zero-order valence-corrected chi connectivity index (χ0v) is 23.0. The Labute approximate surface area is 249 Å². The molecule has 0 aliphatic carbocycles. The van der Waals surface area contributed by atoms with Crippen LogP contribution in [-0.2, 0) is 16.1 Å². The quantitative estimate of drug-likeness (QED) is 0.121. The van der Waals surface area contributed by atoms with Gasteiger partial charge in [-0.1, -0.05) is 60.7 Å². The number of nitrogens with zero attached hydrogens (tertiary/aromatic N) is 3. The maximum Gasteiger partial charge on any atom is 0.344 e. The van der Waals surface area contributed by atoms with Gasteiger partial charge in [0.15, 0.2) is 12.0 Å². The lowest BCUT2D eigenvalue weighted by molar-refractivity contribution is -0.384. The number of carbonyl (C=O) groups excluding carboxylic acids is 1. The highest BCUT2D eigenvalue weighted by molar-refractivity contribution is 5.86. The van der Waals surface area contributed by atoms with Crippen LogP contribution >= 0.6 is 0 Å². The molecular formula is C33H23N3O8. The van der Waals surface area contributed by atoms with Crippen LogP contribution in [0.5, 0.6) is 11.5 Å². The van der Waals surface area contributed by atoms with Crippen molar-refractivity contribution in [1.82, 2.24) is 9.78 Å². The summed E-state index contributed by atoms with van der Waals surface area (Å²) in [6.45, 7) is -0.688. The fraction of sp³-hybridized carbons (Fsp3) is 0.0606. The molecule has 11 nitrogen and oxygen atoms in total. The van der Waals surface area contributed by atoms with E-state index in [-0.39, 0.29) is 34.8 Å². The average Bonchev–Trinajstić information content (AvgIpc) is 3.48. The average molecular weight is 590 g/mol. The molecule has 0 bridgehead atoms. The number of para-hydroxylation sites is 1. The zero-order chi connectivity index (χ0) is 30.6. The van der Waals surface area contributed by atoms with Crippen LogP contribution in [0, 0.1) is 10.1 Å². The molecule has 44 heavy (non-hydrogen) atoms. The van der Waals surface area contributed by atoms with Crippen molar-refractivity contribution < 1.29 is 28.7 Å². The number of nitro groups is 1. The van der Waals surface area contributed by atoms with Crippen molar-refractivity contribution in [3.8, 4) is 39.8 Å². The molecule has 0 amide bonds. The van der Waals surface area contributed by atoms with Gasteiger partial charge in [-0.3, -0.25) is 14.9 Å². The highest BCUT2D eigenvalue weighted by Gasteiger charge is 2.17. The summed E-state index contributed by atoms with van der Waals surface area (Å²) in [6.07, 6.45) is 0.